The van der Waals surface area contributed by atoms with E-state index in [-0.39, 0.29) is 0 Å². The molecule has 0 saturated heterocycles. The van der Waals surface area contributed by atoms with Gasteiger partial charge in [0.15, 0.2) is 0 Å². The minimum atomic E-state index is 0.433. The summed E-state index contributed by atoms with van der Waals surface area (Å²) in [6.07, 6.45) is 4.21. The monoisotopic (exact) mass is 334 g/mol. The average Bonchev–Trinajstić information content (AvgIpc) is 2.87. The summed E-state index contributed by atoms with van der Waals surface area (Å²) in [7, 11) is 0. The predicted molar refractivity (Wildman–Crippen MR) is 88.5 cm³/mol. The molecular weight excluding hydrogens is 312 g/mol. The van der Waals surface area contributed by atoms with Crippen LogP contribution in [0.2, 0.25) is 0 Å². The average molecular weight is 335 g/mol. The fraction of sp³-hybridized carbons (Fsp3) is 0.471. The Morgan fingerprint density at radius 3 is 2.60 bits per heavy atom. The van der Waals surface area contributed by atoms with Gasteiger partial charge in [0.1, 0.15) is 0 Å². The lowest BCUT2D eigenvalue weighted by Gasteiger charge is -2.13. The number of halogens is 1. The fourth-order valence-corrected chi connectivity index (χ4v) is 2.88. The molecule has 0 spiro atoms. The summed E-state index contributed by atoms with van der Waals surface area (Å²) >= 11 is 3.65. The molecule has 2 nitrogen and oxygen atoms in total. The van der Waals surface area contributed by atoms with E-state index in [1.807, 2.05) is 4.68 Å². The number of nitrogens with zero attached hydrogens (tertiary/aromatic N) is 2. The number of aromatic nitrogens is 2. The molecule has 20 heavy (non-hydrogen) atoms. The van der Waals surface area contributed by atoms with Gasteiger partial charge in [-0.15, -0.1) is 0 Å². The molecule has 0 aliphatic rings. The third kappa shape index (κ3) is 4.20. The highest BCUT2D eigenvalue weighted by molar-refractivity contribution is 9.09. The van der Waals surface area contributed by atoms with Gasteiger partial charge in [-0.25, -0.2) is 0 Å². The van der Waals surface area contributed by atoms with Crippen molar-refractivity contribution in [3.63, 3.8) is 0 Å². The quantitative estimate of drug-likeness (QED) is 0.707. The van der Waals surface area contributed by atoms with Gasteiger partial charge in [0.05, 0.1) is 5.69 Å². The summed E-state index contributed by atoms with van der Waals surface area (Å²) in [6.45, 7) is 6.47. The molecule has 0 radical (unpaired) electrons. The molecule has 1 atom stereocenters. The number of hydrogen-bond acceptors (Lipinski definition) is 1. The Balaban J connectivity index is 2.01. The molecule has 0 aliphatic carbocycles. The van der Waals surface area contributed by atoms with Crippen LogP contribution in [0.15, 0.2) is 36.5 Å². The van der Waals surface area contributed by atoms with E-state index in [2.05, 4.69) is 78.3 Å². The highest BCUT2D eigenvalue weighted by atomic mass is 79.9. The molecule has 2 rings (SSSR count). The van der Waals surface area contributed by atoms with Crippen molar-refractivity contribution in [2.75, 3.05) is 5.33 Å². The maximum atomic E-state index is 4.65. The van der Waals surface area contributed by atoms with Crippen LogP contribution in [0.1, 0.15) is 36.7 Å². The number of benzene rings is 1. The zero-order valence-electron chi connectivity index (χ0n) is 12.5. The van der Waals surface area contributed by atoms with Crippen LogP contribution in [0.25, 0.3) is 0 Å². The highest BCUT2D eigenvalue weighted by Gasteiger charge is 2.12. The molecule has 3 heteroatoms. The van der Waals surface area contributed by atoms with E-state index < -0.39 is 0 Å². The lowest BCUT2D eigenvalue weighted by Crippen LogP contribution is -2.11. The number of alkyl halides is 1. The van der Waals surface area contributed by atoms with Gasteiger partial charge in [0.25, 0.3) is 0 Å². The van der Waals surface area contributed by atoms with E-state index in [1.165, 1.54) is 16.8 Å². The zero-order valence-corrected chi connectivity index (χ0v) is 14.1. The molecule has 0 amide bonds. The van der Waals surface area contributed by atoms with Crippen LogP contribution in [0.3, 0.4) is 0 Å². The van der Waals surface area contributed by atoms with E-state index in [1.54, 1.807) is 0 Å². The highest BCUT2D eigenvalue weighted by Crippen LogP contribution is 2.17. The van der Waals surface area contributed by atoms with Gasteiger partial charge in [0.2, 0.25) is 0 Å². The molecule has 108 valence electrons. The topological polar surface area (TPSA) is 17.8 Å². The van der Waals surface area contributed by atoms with E-state index in [0.29, 0.717) is 12.0 Å². The molecule has 0 fully saturated rings. The smallest absolute Gasteiger partial charge is 0.0627 e. The molecular formula is C17H23BrN2. The second kappa shape index (κ2) is 7.07. The molecule has 0 N–H and O–H groups in total. The van der Waals surface area contributed by atoms with Crippen LogP contribution in [0, 0.1) is 12.8 Å². The Labute approximate surface area is 130 Å². The first-order valence-electron chi connectivity index (χ1n) is 7.24. The number of rotatable bonds is 6. The second-order valence-electron chi connectivity index (χ2n) is 5.80. The number of aryl methyl sites for hydroxylation is 1. The number of hydrogen-bond donors (Lipinski definition) is 0. The molecule has 1 aromatic carbocycles. The first-order valence-corrected chi connectivity index (χ1v) is 8.36. The Bertz CT molecular complexity index is 545. The first-order chi connectivity index (χ1) is 9.58. The fourth-order valence-electron chi connectivity index (χ4n) is 2.42. The molecule has 0 aliphatic heterocycles. The normalized spacial score (nSPS) is 12.8. The predicted octanol–water partition coefficient (Wildman–Crippen LogP) is 4.57. The minimum Gasteiger partial charge on any atom is -0.270 e. The summed E-state index contributed by atoms with van der Waals surface area (Å²) in [5.41, 5.74) is 3.94. The minimum absolute atomic E-state index is 0.433. The van der Waals surface area contributed by atoms with Crippen molar-refractivity contribution in [2.24, 2.45) is 5.92 Å². The summed E-state index contributed by atoms with van der Waals surface area (Å²) in [4.78, 5) is 0. The Morgan fingerprint density at radius 2 is 2.00 bits per heavy atom. The SMILES string of the molecule is Cc1cccc(CC(CBr)Cc2ccn(C(C)C)n2)c1. The van der Waals surface area contributed by atoms with Crippen molar-refractivity contribution in [1.29, 1.82) is 0 Å². The van der Waals surface area contributed by atoms with Gasteiger partial charge >= 0.3 is 0 Å². The van der Waals surface area contributed by atoms with E-state index in [0.717, 1.165) is 18.2 Å². The van der Waals surface area contributed by atoms with Crippen LogP contribution < -0.4 is 0 Å². The largest absolute Gasteiger partial charge is 0.270 e. The van der Waals surface area contributed by atoms with Crippen LogP contribution >= 0.6 is 15.9 Å². The summed E-state index contributed by atoms with van der Waals surface area (Å²) in [5, 5.41) is 5.66. The van der Waals surface area contributed by atoms with E-state index in [4.69, 9.17) is 0 Å². The second-order valence-corrected chi connectivity index (χ2v) is 6.45. The third-order valence-electron chi connectivity index (χ3n) is 3.52. The van der Waals surface area contributed by atoms with Crippen LogP contribution in [0.5, 0.6) is 0 Å². The first kappa shape index (κ1) is 15.3. The molecule has 1 aromatic heterocycles. The van der Waals surface area contributed by atoms with Gasteiger partial charge in [-0.05, 0) is 51.2 Å². The van der Waals surface area contributed by atoms with Crippen molar-refractivity contribution in [3.8, 4) is 0 Å². The van der Waals surface area contributed by atoms with E-state index in [9.17, 15) is 0 Å². The van der Waals surface area contributed by atoms with Crippen molar-refractivity contribution in [1.82, 2.24) is 9.78 Å². The van der Waals surface area contributed by atoms with Crippen LogP contribution in [-0.4, -0.2) is 15.1 Å². The third-order valence-corrected chi connectivity index (χ3v) is 4.43. The molecule has 2 aromatic rings. The molecule has 0 saturated carbocycles. The van der Waals surface area contributed by atoms with Crippen molar-refractivity contribution in [2.45, 2.75) is 39.7 Å². The van der Waals surface area contributed by atoms with E-state index >= 15 is 0 Å². The maximum absolute atomic E-state index is 4.65. The van der Waals surface area contributed by atoms with Crippen LogP contribution in [-0.2, 0) is 12.8 Å². The summed E-state index contributed by atoms with van der Waals surface area (Å²) in [6, 6.07) is 11.4. The van der Waals surface area contributed by atoms with Crippen molar-refractivity contribution >= 4 is 15.9 Å². The van der Waals surface area contributed by atoms with Gasteiger partial charge in [-0.2, -0.15) is 5.10 Å². The summed E-state index contributed by atoms with van der Waals surface area (Å²) in [5.74, 6) is 0.590. The summed E-state index contributed by atoms with van der Waals surface area (Å²) < 4.78 is 2.04. The Hall–Kier alpha value is -1.09. The maximum Gasteiger partial charge on any atom is 0.0627 e. The zero-order chi connectivity index (χ0) is 14.5. The van der Waals surface area contributed by atoms with Gasteiger partial charge in [0, 0.05) is 17.6 Å². The van der Waals surface area contributed by atoms with Gasteiger partial charge < -0.3 is 0 Å². The molecule has 0 bridgehead atoms. The lowest BCUT2D eigenvalue weighted by atomic mass is 9.96. The molecule has 1 heterocycles. The Kier molecular flexibility index (Phi) is 5.41. The van der Waals surface area contributed by atoms with Gasteiger partial charge in [-0.1, -0.05) is 45.8 Å². The van der Waals surface area contributed by atoms with Crippen LogP contribution in [0.4, 0.5) is 0 Å². The standard InChI is InChI=1S/C17H23BrN2/c1-13(2)20-8-7-17(19-20)11-16(12-18)10-15-6-4-5-14(3)9-15/h4-9,13,16H,10-12H2,1-3H3. The van der Waals surface area contributed by atoms with Crippen molar-refractivity contribution in [3.05, 3.63) is 53.3 Å². The molecule has 1 unspecified atom stereocenters. The van der Waals surface area contributed by atoms with Gasteiger partial charge in [-0.3, -0.25) is 4.68 Å². The van der Waals surface area contributed by atoms with Crippen molar-refractivity contribution < 1.29 is 0 Å². The Morgan fingerprint density at radius 1 is 1.20 bits per heavy atom. The lowest BCUT2D eigenvalue weighted by molar-refractivity contribution is 0.513.